The Hall–Kier alpha value is -3.09. The van der Waals surface area contributed by atoms with Gasteiger partial charge in [0.25, 0.3) is 5.91 Å². The van der Waals surface area contributed by atoms with Crippen molar-refractivity contribution in [3.8, 4) is 0 Å². The molecule has 2 aliphatic heterocycles. The molecule has 0 aliphatic carbocycles. The van der Waals surface area contributed by atoms with Crippen LogP contribution in [0.2, 0.25) is 5.02 Å². The number of rotatable bonds is 7. The van der Waals surface area contributed by atoms with Gasteiger partial charge >= 0.3 is 12.2 Å². The molecule has 2 heterocycles. The molecule has 8 nitrogen and oxygen atoms in total. The summed E-state index contributed by atoms with van der Waals surface area (Å²) in [5, 5.41) is 5.89. The molecule has 1 atom stereocenters. The lowest BCUT2D eigenvalue weighted by Crippen LogP contribution is -2.47. The van der Waals surface area contributed by atoms with E-state index in [1.165, 1.54) is 12.1 Å². The molecule has 0 spiro atoms. The Morgan fingerprint density at radius 2 is 1.79 bits per heavy atom. The molecular formula is C26H31ClF4N6O2. The third-order valence-corrected chi connectivity index (χ3v) is 7.10. The Bertz CT molecular complexity index is 1190. The van der Waals surface area contributed by atoms with Crippen molar-refractivity contribution in [2.45, 2.75) is 31.6 Å². The van der Waals surface area contributed by atoms with Crippen LogP contribution in [-0.4, -0.2) is 79.8 Å². The molecule has 0 aromatic heterocycles. The summed E-state index contributed by atoms with van der Waals surface area (Å²) in [6.07, 6.45) is -4.33. The number of nitrogens with zero attached hydrogens (tertiary/aromatic N) is 3. The van der Waals surface area contributed by atoms with Crippen LogP contribution in [0.1, 0.15) is 28.8 Å². The lowest BCUT2D eigenvalue weighted by molar-refractivity contribution is -0.138. The summed E-state index contributed by atoms with van der Waals surface area (Å²) < 4.78 is 52.6. The van der Waals surface area contributed by atoms with E-state index in [1.54, 1.807) is 34.1 Å². The predicted octanol–water partition coefficient (Wildman–Crippen LogP) is 4.05. The van der Waals surface area contributed by atoms with Crippen molar-refractivity contribution in [1.29, 1.82) is 0 Å². The maximum Gasteiger partial charge on any atom is 0.390 e. The van der Waals surface area contributed by atoms with Gasteiger partial charge in [0.15, 0.2) is 0 Å². The van der Waals surface area contributed by atoms with E-state index in [9.17, 15) is 27.2 Å². The molecule has 39 heavy (non-hydrogen) atoms. The van der Waals surface area contributed by atoms with Crippen molar-refractivity contribution in [3.63, 3.8) is 0 Å². The first-order valence-electron chi connectivity index (χ1n) is 12.7. The number of urea groups is 1. The van der Waals surface area contributed by atoms with E-state index in [2.05, 4.69) is 10.6 Å². The minimum Gasteiger partial charge on any atom is -0.367 e. The van der Waals surface area contributed by atoms with Gasteiger partial charge in [-0.05, 0) is 42.3 Å². The summed E-state index contributed by atoms with van der Waals surface area (Å²) in [6.45, 7) is 2.81. The number of anilines is 2. The van der Waals surface area contributed by atoms with E-state index in [0.717, 1.165) is 6.42 Å². The zero-order valence-electron chi connectivity index (χ0n) is 21.2. The number of hydrogen-bond acceptors (Lipinski definition) is 5. The van der Waals surface area contributed by atoms with E-state index in [-0.39, 0.29) is 30.7 Å². The number of likely N-dealkylation sites (tertiary alicyclic amines) is 1. The van der Waals surface area contributed by atoms with E-state index in [1.807, 2.05) is 4.90 Å². The van der Waals surface area contributed by atoms with Gasteiger partial charge in [-0.1, -0.05) is 17.7 Å². The number of halogens is 5. The smallest absolute Gasteiger partial charge is 0.367 e. The van der Waals surface area contributed by atoms with Gasteiger partial charge in [-0.25, -0.2) is 9.18 Å². The fourth-order valence-electron chi connectivity index (χ4n) is 4.67. The molecule has 2 aromatic carbocycles. The lowest BCUT2D eigenvalue weighted by atomic mass is 10.1. The number of alkyl halides is 3. The highest BCUT2D eigenvalue weighted by Gasteiger charge is 2.29. The minimum atomic E-state index is -4.20. The highest BCUT2D eigenvalue weighted by Crippen LogP contribution is 2.31. The minimum absolute atomic E-state index is 0.0416. The SMILES string of the molecule is NC1CCN(C(=O)NCc2ccc(C(=O)Nc3ccc(Cl)cc3N3CCN(CCC(F)(F)F)CC3)c(F)c2)C1. The van der Waals surface area contributed by atoms with Crippen LogP contribution in [-0.2, 0) is 6.54 Å². The Kier molecular flexibility index (Phi) is 9.19. The Morgan fingerprint density at radius 1 is 1.05 bits per heavy atom. The van der Waals surface area contributed by atoms with Crippen LogP contribution in [0, 0.1) is 5.82 Å². The topological polar surface area (TPSA) is 93.9 Å². The molecule has 0 bridgehead atoms. The van der Waals surface area contributed by atoms with Gasteiger partial charge in [-0.3, -0.25) is 9.69 Å². The molecular weight excluding hydrogens is 540 g/mol. The lowest BCUT2D eigenvalue weighted by Gasteiger charge is -2.37. The normalized spacial score (nSPS) is 18.4. The average Bonchev–Trinajstić information content (AvgIpc) is 3.33. The fraction of sp³-hybridized carbons (Fsp3) is 0.462. The number of carbonyl (C=O) groups excluding carboxylic acids is 2. The Labute approximate surface area is 229 Å². The highest BCUT2D eigenvalue weighted by molar-refractivity contribution is 6.31. The third kappa shape index (κ3) is 7.96. The summed E-state index contributed by atoms with van der Waals surface area (Å²) in [7, 11) is 0. The fourth-order valence-corrected chi connectivity index (χ4v) is 4.84. The van der Waals surface area contributed by atoms with Gasteiger partial charge in [0.2, 0.25) is 0 Å². The number of carbonyl (C=O) groups is 2. The largest absolute Gasteiger partial charge is 0.390 e. The standard InChI is InChI=1S/C26H31ClF4N6O2/c27-18-2-4-22(23(14-18)36-11-9-35(10-12-36)8-6-26(29,30)31)34-24(38)20-3-1-17(13-21(20)28)15-33-25(39)37-7-5-19(32)16-37/h1-4,13-14,19H,5-12,15-16,32H2,(H,33,39)(H,34,38). The second-order valence-electron chi connectivity index (χ2n) is 9.78. The maximum absolute atomic E-state index is 14.9. The number of nitrogens with one attached hydrogen (secondary N) is 2. The second kappa shape index (κ2) is 12.4. The Balaban J connectivity index is 1.37. The summed E-state index contributed by atoms with van der Waals surface area (Å²) in [5.41, 5.74) is 7.16. The number of piperazine rings is 1. The predicted molar refractivity (Wildman–Crippen MR) is 142 cm³/mol. The monoisotopic (exact) mass is 570 g/mol. The molecule has 4 rings (SSSR count). The van der Waals surface area contributed by atoms with Crippen LogP contribution in [0.25, 0.3) is 0 Å². The number of amides is 3. The highest BCUT2D eigenvalue weighted by atomic mass is 35.5. The second-order valence-corrected chi connectivity index (χ2v) is 10.2. The first-order valence-corrected chi connectivity index (χ1v) is 13.1. The van der Waals surface area contributed by atoms with Crippen LogP contribution < -0.4 is 21.3 Å². The molecule has 3 amide bonds. The van der Waals surface area contributed by atoms with Crippen molar-refractivity contribution in [2.75, 3.05) is 56.0 Å². The molecule has 212 valence electrons. The number of benzene rings is 2. The van der Waals surface area contributed by atoms with E-state index in [4.69, 9.17) is 17.3 Å². The average molecular weight is 571 g/mol. The molecule has 2 aliphatic rings. The summed E-state index contributed by atoms with van der Waals surface area (Å²) >= 11 is 6.19. The summed E-state index contributed by atoms with van der Waals surface area (Å²) in [5.74, 6) is -1.40. The van der Waals surface area contributed by atoms with Crippen molar-refractivity contribution >= 4 is 34.9 Å². The van der Waals surface area contributed by atoms with Crippen LogP contribution in [0.3, 0.4) is 0 Å². The van der Waals surface area contributed by atoms with Gasteiger partial charge in [0, 0.05) is 63.4 Å². The molecule has 13 heteroatoms. The Morgan fingerprint density at radius 3 is 2.44 bits per heavy atom. The number of hydrogen-bond donors (Lipinski definition) is 3. The number of nitrogens with two attached hydrogens (primary N) is 1. The van der Waals surface area contributed by atoms with Gasteiger partial charge in [-0.2, -0.15) is 13.2 Å². The molecule has 0 radical (unpaired) electrons. The first-order chi connectivity index (χ1) is 18.5. The van der Waals surface area contributed by atoms with Gasteiger partial charge < -0.3 is 26.2 Å². The van der Waals surface area contributed by atoms with Crippen LogP contribution in [0.4, 0.5) is 33.7 Å². The van der Waals surface area contributed by atoms with Crippen LogP contribution in [0.15, 0.2) is 36.4 Å². The third-order valence-electron chi connectivity index (χ3n) is 6.87. The molecule has 2 aromatic rings. The van der Waals surface area contributed by atoms with Gasteiger partial charge in [-0.15, -0.1) is 0 Å². The molecule has 4 N–H and O–H groups in total. The van der Waals surface area contributed by atoms with Crippen LogP contribution >= 0.6 is 11.6 Å². The van der Waals surface area contributed by atoms with Gasteiger partial charge in [0.1, 0.15) is 5.82 Å². The molecule has 2 fully saturated rings. The summed E-state index contributed by atoms with van der Waals surface area (Å²) in [4.78, 5) is 30.5. The molecule has 0 saturated carbocycles. The van der Waals surface area contributed by atoms with E-state index < -0.39 is 24.3 Å². The zero-order chi connectivity index (χ0) is 28.2. The first kappa shape index (κ1) is 28.9. The molecule has 2 saturated heterocycles. The van der Waals surface area contributed by atoms with Crippen molar-refractivity contribution < 1.29 is 27.2 Å². The van der Waals surface area contributed by atoms with Gasteiger partial charge in [0.05, 0.1) is 23.4 Å². The quantitative estimate of drug-likeness (QED) is 0.437. The summed E-state index contributed by atoms with van der Waals surface area (Å²) in [6, 6.07) is 8.67. The van der Waals surface area contributed by atoms with E-state index >= 15 is 0 Å². The van der Waals surface area contributed by atoms with E-state index in [0.29, 0.717) is 61.2 Å². The maximum atomic E-state index is 14.9. The molecule has 1 unspecified atom stereocenters. The van der Waals surface area contributed by atoms with Crippen LogP contribution in [0.5, 0.6) is 0 Å². The van der Waals surface area contributed by atoms with Crippen molar-refractivity contribution in [3.05, 3.63) is 58.4 Å². The van der Waals surface area contributed by atoms with Crippen molar-refractivity contribution in [2.24, 2.45) is 5.73 Å². The van der Waals surface area contributed by atoms with Crippen molar-refractivity contribution in [1.82, 2.24) is 15.1 Å². The zero-order valence-corrected chi connectivity index (χ0v) is 22.0.